The van der Waals surface area contributed by atoms with Gasteiger partial charge in [-0.2, -0.15) is 0 Å². The summed E-state index contributed by atoms with van der Waals surface area (Å²) in [6.07, 6.45) is 1.03. The number of halogens is 1. The Labute approximate surface area is 123 Å². The van der Waals surface area contributed by atoms with Crippen molar-refractivity contribution in [3.8, 4) is 0 Å². The van der Waals surface area contributed by atoms with Crippen molar-refractivity contribution >= 4 is 11.0 Å². The smallest absolute Gasteiger partial charge is 0.134 e. The molecule has 0 spiro atoms. The zero-order chi connectivity index (χ0) is 14.7. The highest BCUT2D eigenvalue weighted by Crippen LogP contribution is 2.28. The maximum atomic E-state index is 13.1. The lowest BCUT2D eigenvalue weighted by Gasteiger charge is -2.16. The highest BCUT2D eigenvalue weighted by atomic mass is 19.1. The Morgan fingerprint density at radius 1 is 1.10 bits per heavy atom. The van der Waals surface area contributed by atoms with Gasteiger partial charge in [0.2, 0.25) is 0 Å². The van der Waals surface area contributed by atoms with Crippen LogP contribution >= 0.6 is 0 Å². The van der Waals surface area contributed by atoms with Crippen molar-refractivity contribution in [1.82, 2.24) is 5.32 Å². The van der Waals surface area contributed by atoms with E-state index in [1.54, 1.807) is 12.1 Å². The molecule has 1 unspecified atom stereocenters. The van der Waals surface area contributed by atoms with E-state index in [0.717, 1.165) is 35.3 Å². The van der Waals surface area contributed by atoms with E-state index < -0.39 is 0 Å². The average molecular weight is 283 g/mol. The van der Waals surface area contributed by atoms with E-state index in [1.807, 2.05) is 30.3 Å². The SMILES string of the molecule is CCCNC(c1ccc(F)cc1)c1cc2ccccc2o1. The van der Waals surface area contributed by atoms with Crippen molar-refractivity contribution < 1.29 is 8.81 Å². The maximum absolute atomic E-state index is 13.1. The van der Waals surface area contributed by atoms with Crippen LogP contribution in [0.25, 0.3) is 11.0 Å². The normalized spacial score (nSPS) is 12.7. The lowest BCUT2D eigenvalue weighted by Crippen LogP contribution is -2.22. The van der Waals surface area contributed by atoms with Crippen LogP contribution in [0.2, 0.25) is 0 Å². The average Bonchev–Trinajstić information content (AvgIpc) is 2.93. The second kappa shape index (κ2) is 6.10. The van der Waals surface area contributed by atoms with E-state index in [4.69, 9.17) is 4.42 Å². The predicted molar refractivity (Wildman–Crippen MR) is 82.8 cm³/mol. The van der Waals surface area contributed by atoms with Crippen LogP contribution in [0.15, 0.2) is 59.0 Å². The lowest BCUT2D eigenvalue weighted by molar-refractivity contribution is 0.469. The Bertz CT molecular complexity index is 684. The van der Waals surface area contributed by atoms with Gasteiger partial charge in [0.15, 0.2) is 0 Å². The number of benzene rings is 2. The highest BCUT2D eigenvalue weighted by molar-refractivity contribution is 5.77. The minimum Gasteiger partial charge on any atom is -0.459 e. The summed E-state index contributed by atoms with van der Waals surface area (Å²) in [6.45, 7) is 2.99. The molecule has 21 heavy (non-hydrogen) atoms. The Balaban J connectivity index is 1.99. The molecule has 1 N–H and O–H groups in total. The summed E-state index contributed by atoms with van der Waals surface area (Å²) >= 11 is 0. The van der Waals surface area contributed by atoms with Crippen molar-refractivity contribution in [1.29, 1.82) is 0 Å². The Morgan fingerprint density at radius 2 is 1.86 bits per heavy atom. The topological polar surface area (TPSA) is 25.2 Å². The Morgan fingerprint density at radius 3 is 2.57 bits per heavy atom. The largest absolute Gasteiger partial charge is 0.459 e. The quantitative estimate of drug-likeness (QED) is 0.736. The number of rotatable bonds is 5. The van der Waals surface area contributed by atoms with Crippen LogP contribution in [-0.4, -0.2) is 6.54 Å². The standard InChI is InChI=1S/C18H18FNO/c1-2-11-20-18(13-7-9-15(19)10-8-13)17-12-14-5-3-4-6-16(14)21-17/h3-10,12,18,20H,2,11H2,1H3. The van der Waals surface area contributed by atoms with Crippen LogP contribution in [-0.2, 0) is 0 Å². The summed E-state index contributed by atoms with van der Waals surface area (Å²) in [7, 11) is 0. The lowest BCUT2D eigenvalue weighted by atomic mass is 10.0. The molecule has 3 heteroatoms. The third-order valence-corrected chi connectivity index (χ3v) is 3.53. The first-order valence-electron chi connectivity index (χ1n) is 7.25. The maximum Gasteiger partial charge on any atom is 0.134 e. The third-order valence-electron chi connectivity index (χ3n) is 3.53. The second-order valence-electron chi connectivity index (χ2n) is 5.13. The molecule has 2 nitrogen and oxygen atoms in total. The van der Waals surface area contributed by atoms with Gasteiger partial charge in [-0.1, -0.05) is 37.3 Å². The van der Waals surface area contributed by atoms with Gasteiger partial charge in [-0.15, -0.1) is 0 Å². The van der Waals surface area contributed by atoms with E-state index >= 15 is 0 Å². The van der Waals surface area contributed by atoms with Crippen LogP contribution in [0.4, 0.5) is 4.39 Å². The van der Waals surface area contributed by atoms with Gasteiger partial charge in [0.1, 0.15) is 17.2 Å². The molecule has 2 aromatic carbocycles. The summed E-state index contributed by atoms with van der Waals surface area (Å²) in [5, 5.41) is 4.55. The summed E-state index contributed by atoms with van der Waals surface area (Å²) in [4.78, 5) is 0. The molecule has 0 radical (unpaired) electrons. The van der Waals surface area contributed by atoms with Gasteiger partial charge in [-0.25, -0.2) is 4.39 Å². The van der Waals surface area contributed by atoms with Crippen molar-refractivity contribution in [2.75, 3.05) is 6.54 Å². The summed E-state index contributed by atoms with van der Waals surface area (Å²) < 4.78 is 19.1. The number of nitrogens with one attached hydrogen (secondary N) is 1. The number of hydrogen-bond acceptors (Lipinski definition) is 2. The van der Waals surface area contributed by atoms with Gasteiger partial charge in [-0.05, 0) is 42.8 Å². The molecule has 0 fully saturated rings. The van der Waals surface area contributed by atoms with Gasteiger partial charge in [0.05, 0.1) is 6.04 Å². The zero-order valence-corrected chi connectivity index (χ0v) is 12.0. The first-order chi connectivity index (χ1) is 10.3. The van der Waals surface area contributed by atoms with Crippen LogP contribution in [0.1, 0.15) is 30.7 Å². The van der Waals surface area contributed by atoms with Crippen LogP contribution in [0.5, 0.6) is 0 Å². The number of furan rings is 1. The molecule has 0 saturated heterocycles. The summed E-state index contributed by atoms with van der Waals surface area (Å²) in [6, 6.07) is 16.5. The highest BCUT2D eigenvalue weighted by Gasteiger charge is 2.17. The van der Waals surface area contributed by atoms with E-state index in [9.17, 15) is 4.39 Å². The number of fused-ring (bicyclic) bond motifs is 1. The van der Waals surface area contributed by atoms with Crippen LogP contribution in [0.3, 0.4) is 0 Å². The fourth-order valence-corrected chi connectivity index (χ4v) is 2.47. The molecule has 1 aromatic heterocycles. The molecule has 1 atom stereocenters. The molecule has 0 aliphatic rings. The Hall–Kier alpha value is -2.13. The third kappa shape index (κ3) is 2.98. The minimum atomic E-state index is -0.224. The predicted octanol–water partition coefficient (Wildman–Crippen LogP) is 4.66. The second-order valence-corrected chi connectivity index (χ2v) is 5.13. The molecule has 0 saturated carbocycles. The molecule has 0 bridgehead atoms. The first kappa shape index (κ1) is 13.8. The van der Waals surface area contributed by atoms with E-state index in [-0.39, 0.29) is 11.9 Å². The van der Waals surface area contributed by atoms with Gasteiger partial charge in [0, 0.05) is 5.39 Å². The molecule has 108 valence electrons. The molecule has 0 aliphatic carbocycles. The fraction of sp³-hybridized carbons (Fsp3) is 0.222. The summed E-state index contributed by atoms with van der Waals surface area (Å²) in [5.41, 5.74) is 1.88. The van der Waals surface area contributed by atoms with E-state index in [2.05, 4.69) is 12.2 Å². The molecule has 1 heterocycles. The molecule has 3 rings (SSSR count). The van der Waals surface area contributed by atoms with Gasteiger partial charge >= 0.3 is 0 Å². The molecule has 3 aromatic rings. The van der Waals surface area contributed by atoms with Crippen LogP contribution < -0.4 is 5.32 Å². The minimum absolute atomic E-state index is 0.0575. The zero-order valence-electron chi connectivity index (χ0n) is 12.0. The Kier molecular flexibility index (Phi) is 4.02. The van der Waals surface area contributed by atoms with Gasteiger partial charge < -0.3 is 9.73 Å². The van der Waals surface area contributed by atoms with E-state index in [1.165, 1.54) is 12.1 Å². The monoisotopic (exact) mass is 283 g/mol. The molecule has 0 aliphatic heterocycles. The van der Waals surface area contributed by atoms with Gasteiger partial charge in [0.25, 0.3) is 0 Å². The molecule has 0 amide bonds. The van der Waals surface area contributed by atoms with E-state index in [0.29, 0.717) is 0 Å². The number of para-hydroxylation sites is 1. The number of hydrogen-bond donors (Lipinski definition) is 1. The first-order valence-corrected chi connectivity index (χ1v) is 7.25. The van der Waals surface area contributed by atoms with Crippen molar-refractivity contribution in [2.45, 2.75) is 19.4 Å². The van der Waals surface area contributed by atoms with Crippen molar-refractivity contribution in [3.63, 3.8) is 0 Å². The van der Waals surface area contributed by atoms with Crippen molar-refractivity contribution in [3.05, 3.63) is 71.7 Å². The van der Waals surface area contributed by atoms with Crippen LogP contribution in [0, 0.1) is 5.82 Å². The summed E-state index contributed by atoms with van der Waals surface area (Å²) in [5.74, 6) is 0.633. The molecular formula is C18H18FNO. The molecular weight excluding hydrogens is 265 g/mol. The fourth-order valence-electron chi connectivity index (χ4n) is 2.47. The van der Waals surface area contributed by atoms with Crippen molar-refractivity contribution in [2.24, 2.45) is 0 Å². The van der Waals surface area contributed by atoms with Gasteiger partial charge in [-0.3, -0.25) is 0 Å².